The molecule has 1 fully saturated rings. The van der Waals surface area contributed by atoms with Gasteiger partial charge in [-0.05, 0) is 50.1 Å². The summed E-state index contributed by atoms with van der Waals surface area (Å²) in [5.74, 6) is 0.663. The molecule has 162 valence electrons. The van der Waals surface area contributed by atoms with Crippen molar-refractivity contribution >= 4 is 26.7 Å². The molecule has 0 atom stereocenters. The third-order valence-corrected chi connectivity index (χ3v) is 7.74. The quantitative estimate of drug-likeness (QED) is 0.474. The minimum Gasteiger partial charge on any atom is -0.327 e. The minimum atomic E-state index is -3.53. The molecule has 1 aliphatic rings. The molecule has 3 aromatic heterocycles. The predicted molar refractivity (Wildman–Crippen MR) is 117 cm³/mol. The average molecular weight is 441 g/mol. The molecule has 4 aromatic rings. The lowest BCUT2D eigenvalue weighted by Gasteiger charge is -2.25. The lowest BCUT2D eigenvalue weighted by atomic mass is 10.2. The second-order valence-electron chi connectivity index (χ2n) is 7.76. The first kappa shape index (κ1) is 20.0. The number of aromatic nitrogens is 5. The molecule has 0 radical (unpaired) electrons. The molecular formula is C21H24N6O3S. The van der Waals surface area contributed by atoms with Crippen LogP contribution in [0.5, 0.6) is 0 Å². The van der Waals surface area contributed by atoms with E-state index in [0.717, 1.165) is 24.8 Å². The van der Waals surface area contributed by atoms with Gasteiger partial charge in [0, 0.05) is 25.8 Å². The first-order chi connectivity index (χ1) is 15.0. The predicted octanol–water partition coefficient (Wildman–Crippen LogP) is 2.09. The normalized spacial score (nSPS) is 15.8. The van der Waals surface area contributed by atoms with Gasteiger partial charge in [0.25, 0.3) is 0 Å². The van der Waals surface area contributed by atoms with Crippen molar-refractivity contribution in [3.05, 3.63) is 58.9 Å². The second-order valence-corrected chi connectivity index (χ2v) is 9.69. The Morgan fingerprint density at radius 2 is 1.87 bits per heavy atom. The van der Waals surface area contributed by atoms with Crippen LogP contribution >= 0.6 is 0 Å². The summed E-state index contributed by atoms with van der Waals surface area (Å²) in [6.45, 7) is 3.97. The van der Waals surface area contributed by atoms with Crippen LogP contribution in [-0.4, -0.2) is 49.5 Å². The summed E-state index contributed by atoms with van der Waals surface area (Å²) >= 11 is 0. The largest absolute Gasteiger partial charge is 0.350 e. The van der Waals surface area contributed by atoms with Crippen molar-refractivity contribution < 1.29 is 8.42 Å². The van der Waals surface area contributed by atoms with Gasteiger partial charge in [0.15, 0.2) is 5.65 Å². The highest BCUT2D eigenvalue weighted by molar-refractivity contribution is 7.89. The Bertz CT molecular complexity index is 1430. The van der Waals surface area contributed by atoms with Gasteiger partial charge in [0.05, 0.1) is 15.9 Å². The van der Waals surface area contributed by atoms with E-state index in [2.05, 4.69) is 10.1 Å². The van der Waals surface area contributed by atoms with Crippen LogP contribution in [0.1, 0.15) is 32.0 Å². The Morgan fingerprint density at radius 3 is 2.61 bits per heavy atom. The van der Waals surface area contributed by atoms with Crippen molar-refractivity contribution in [2.24, 2.45) is 0 Å². The zero-order chi connectivity index (χ0) is 21.6. The Labute approximate surface area is 179 Å². The number of hydrogen-bond acceptors (Lipinski definition) is 5. The maximum atomic E-state index is 13.1. The summed E-state index contributed by atoms with van der Waals surface area (Å²) in [6.07, 6.45) is 4.53. The molecule has 0 spiro atoms. The van der Waals surface area contributed by atoms with Gasteiger partial charge in [-0.3, -0.25) is 4.40 Å². The fraction of sp³-hybridized carbons (Fsp3) is 0.381. The highest BCUT2D eigenvalue weighted by Gasteiger charge is 2.26. The number of benzene rings is 1. The number of piperidine rings is 1. The van der Waals surface area contributed by atoms with E-state index in [0.29, 0.717) is 36.6 Å². The number of imidazole rings is 1. The lowest BCUT2D eigenvalue weighted by molar-refractivity contribution is 0.346. The molecule has 1 aliphatic heterocycles. The maximum absolute atomic E-state index is 13.1. The van der Waals surface area contributed by atoms with Crippen LogP contribution in [0.3, 0.4) is 0 Å². The summed E-state index contributed by atoms with van der Waals surface area (Å²) in [4.78, 5) is 17.6. The van der Waals surface area contributed by atoms with Crippen LogP contribution < -0.4 is 5.69 Å². The van der Waals surface area contributed by atoms with Gasteiger partial charge in [0.2, 0.25) is 10.0 Å². The maximum Gasteiger partial charge on any atom is 0.350 e. The first-order valence-corrected chi connectivity index (χ1v) is 12.0. The Balaban J connectivity index is 1.55. The van der Waals surface area contributed by atoms with Crippen molar-refractivity contribution in [1.82, 2.24) is 28.0 Å². The van der Waals surface area contributed by atoms with Crippen molar-refractivity contribution in [2.75, 3.05) is 13.1 Å². The third-order valence-electron chi connectivity index (χ3n) is 5.85. The third kappa shape index (κ3) is 3.35. The highest BCUT2D eigenvalue weighted by Crippen LogP contribution is 2.25. The van der Waals surface area contributed by atoms with Gasteiger partial charge >= 0.3 is 5.69 Å². The molecule has 1 saturated heterocycles. The van der Waals surface area contributed by atoms with Crippen LogP contribution in [-0.2, 0) is 23.1 Å². The topological polar surface area (TPSA) is 94.5 Å². The second kappa shape index (κ2) is 7.61. The molecule has 9 nitrogen and oxygen atoms in total. The van der Waals surface area contributed by atoms with Crippen molar-refractivity contribution in [2.45, 2.75) is 44.2 Å². The smallest absolute Gasteiger partial charge is 0.327 e. The number of fused-ring (bicyclic) bond motifs is 2. The van der Waals surface area contributed by atoms with Crippen LogP contribution in [0, 0.1) is 0 Å². The van der Waals surface area contributed by atoms with E-state index >= 15 is 0 Å². The summed E-state index contributed by atoms with van der Waals surface area (Å²) in [7, 11) is -3.53. The van der Waals surface area contributed by atoms with Gasteiger partial charge in [-0.25, -0.2) is 22.9 Å². The Hall–Kier alpha value is -2.98. The van der Waals surface area contributed by atoms with Crippen LogP contribution in [0.15, 0.2) is 52.3 Å². The minimum absolute atomic E-state index is 0.206. The van der Waals surface area contributed by atoms with E-state index in [1.807, 2.05) is 17.6 Å². The molecule has 1 aromatic carbocycles. The summed E-state index contributed by atoms with van der Waals surface area (Å²) in [6, 6.07) is 10.5. The zero-order valence-electron chi connectivity index (χ0n) is 17.3. The van der Waals surface area contributed by atoms with Gasteiger partial charge in [-0.15, -0.1) is 5.10 Å². The molecule has 0 saturated carbocycles. The number of hydrogen-bond donors (Lipinski definition) is 0. The van der Waals surface area contributed by atoms with Crippen molar-refractivity contribution in [3.63, 3.8) is 0 Å². The van der Waals surface area contributed by atoms with Gasteiger partial charge in [-0.1, -0.05) is 12.5 Å². The van der Waals surface area contributed by atoms with Crippen molar-refractivity contribution in [3.8, 4) is 0 Å². The Kier molecular flexibility index (Phi) is 4.90. The fourth-order valence-corrected chi connectivity index (χ4v) is 5.79. The number of aryl methyl sites for hydroxylation is 1. The van der Waals surface area contributed by atoms with Crippen molar-refractivity contribution in [1.29, 1.82) is 0 Å². The lowest BCUT2D eigenvalue weighted by Crippen LogP contribution is -2.35. The standard InChI is InChI=1S/C21H24N6O3S/c1-2-25-18-10-9-16(31(29,30)24-11-5-3-6-12-24)14-17(18)22-20(25)15-27-21(28)26-13-7-4-8-19(26)23-27/h4,7-10,13-14H,2-3,5-6,11-12,15H2,1H3. The average Bonchev–Trinajstić information content (AvgIpc) is 3.30. The molecule has 0 amide bonds. The van der Waals surface area contributed by atoms with Crippen LogP contribution in [0.4, 0.5) is 0 Å². The summed E-state index contributed by atoms with van der Waals surface area (Å²) in [5.41, 5.74) is 1.78. The monoisotopic (exact) mass is 440 g/mol. The number of sulfonamides is 1. The van der Waals surface area contributed by atoms with E-state index in [1.54, 1.807) is 40.8 Å². The van der Waals surface area contributed by atoms with E-state index < -0.39 is 10.0 Å². The summed E-state index contributed by atoms with van der Waals surface area (Å²) < 4.78 is 32.5. The van der Waals surface area contributed by atoms with E-state index in [9.17, 15) is 13.2 Å². The highest BCUT2D eigenvalue weighted by atomic mass is 32.2. The van der Waals surface area contributed by atoms with Gasteiger partial charge in [-0.2, -0.15) is 4.31 Å². The molecule has 5 rings (SSSR count). The molecule has 0 aliphatic carbocycles. The van der Waals surface area contributed by atoms with E-state index in [4.69, 9.17) is 0 Å². The molecule has 0 N–H and O–H groups in total. The van der Waals surface area contributed by atoms with Crippen LogP contribution in [0.25, 0.3) is 16.7 Å². The summed E-state index contributed by atoms with van der Waals surface area (Å²) in [5, 5.41) is 4.38. The molecular weight excluding hydrogens is 416 g/mol. The molecule has 31 heavy (non-hydrogen) atoms. The van der Waals surface area contributed by atoms with Gasteiger partial charge < -0.3 is 4.57 Å². The number of pyridine rings is 1. The zero-order valence-corrected chi connectivity index (χ0v) is 18.1. The van der Waals surface area contributed by atoms with Gasteiger partial charge in [0.1, 0.15) is 12.4 Å². The molecule has 0 unspecified atom stereocenters. The van der Waals surface area contributed by atoms with E-state index in [1.165, 1.54) is 9.08 Å². The Morgan fingerprint density at radius 1 is 1.06 bits per heavy atom. The molecule has 10 heteroatoms. The molecule has 4 heterocycles. The SMILES string of the molecule is CCn1c(Cn2nc3ccccn3c2=O)nc2cc(S(=O)(=O)N3CCCCC3)ccc21. The fourth-order valence-electron chi connectivity index (χ4n) is 4.25. The number of nitrogens with zero attached hydrogens (tertiary/aromatic N) is 6. The van der Waals surface area contributed by atoms with Crippen LogP contribution in [0.2, 0.25) is 0 Å². The first-order valence-electron chi connectivity index (χ1n) is 10.5. The van der Waals surface area contributed by atoms with E-state index in [-0.39, 0.29) is 17.1 Å². The molecule has 0 bridgehead atoms. The number of rotatable bonds is 5.